The lowest BCUT2D eigenvalue weighted by Crippen LogP contribution is -2.48. The van der Waals surface area contributed by atoms with Crippen molar-refractivity contribution in [2.24, 2.45) is 5.41 Å². The Bertz CT molecular complexity index is 315. The van der Waals surface area contributed by atoms with Gasteiger partial charge in [-0.25, -0.2) is 9.59 Å². The molecule has 0 radical (unpaired) electrons. The Morgan fingerprint density at radius 2 is 2.00 bits per heavy atom. The van der Waals surface area contributed by atoms with Crippen molar-refractivity contribution in [2.75, 3.05) is 13.1 Å². The van der Waals surface area contributed by atoms with E-state index in [1.165, 1.54) is 0 Å². The van der Waals surface area contributed by atoms with Crippen LogP contribution in [0.3, 0.4) is 0 Å². The van der Waals surface area contributed by atoms with Gasteiger partial charge in [0.05, 0.1) is 0 Å². The minimum absolute atomic E-state index is 0.248. The van der Waals surface area contributed by atoms with Crippen LogP contribution in [0, 0.1) is 5.41 Å². The van der Waals surface area contributed by atoms with Crippen molar-refractivity contribution >= 4 is 12.0 Å². The standard InChI is InChI=1S/C13H24N2O3/c1-4-10(11(16)17)14-12(18)15-8-5-6-13(2,3)7-9-15/h10H,4-9H2,1-3H3,(H,14,18)(H,16,17)/t10-/m0/s1. The number of amides is 2. The molecule has 104 valence electrons. The quantitative estimate of drug-likeness (QED) is 0.812. The van der Waals surface area contributed by atoms with Crippen LogP contribution in [0.5, 0.6) is 0 Å². The third-order valence-corrected chi connectivity index (χ3v) is 3.63. The van der Waals surface area contributed by atoms with E-state index in [4.69, 9.17) is 5.11 Å². The van der Waals surface area contributed by atoms with Crippen LogP contribution in [0.25, 0.3) is 0 Å². The lowest BCUT2D eigenvalue weighted by molar-refractivity contribution is -0.139. The molecule has 18 heavy (non-hydrogen) atoms. The van der Waals surface area contributed by atoms with E-state index in [1.807, 2.05) is 0 Å². The zero-order valence-corrected chi connectivity index (χ0v) is 11.5. The number of hydrogen-bond donors (Lipinski definition) is 2. The molecule has 0 unspecified atom stereocenters. The van der Waals surface area contributed by atoms with Crippen LogP contribution in [0.1, 0.15) is 46.5 Å². The summed E-state index contributed by atoms with van der Waals surface area (Å²) < 4.78 is 0. The fourth-order valence-electron chi connectivity index (χ4n) is 2.20. The first kappa shape index (κ1) is 14.8. The van der Waals surface area contributed by atoms with Gasteiger partial charge < -0.3 is 15.3 Å². The first-order chi connectivity index (χ1) is 8.35. The molecule has 5 nitrogen and oxygen atoms in total. The minimum Gasteiger partial charge on any atom is -0.480 e. The second kappa shape index (κ2) is 6.07. The molecule has 1 saturated heterocycles. The normalized spacial score (nSPS) is 20.9. The number of nitrogens with zero attached hydrogens (tertiary/aromatic N) is 1. The monoisotopic (exact) mass is 256 g/mol. The maximum atomic E-state index is 12.0. The predicted molar refractivity (Wildman–Crippen MR) is 69.5 cm³/mol. The molecular weight excluding hydrogens is 232 g/mol. The van der Waals surface area contributed by atoms with Crippen molar-refractivity contribution in [3.63, 3.8) is 0 Å². The molecule has 1 aliphatic rings. The molecule has 2 amide bonds. The molecule has 1 rings (SSSR count). The number of likely N-dealkylation sites (tertiary alicyclic amines) is 1. The summed E-state index contributed by atoms with van der Waals surface area (Å²) in [6.07, 6.45) is 3.45. The number of carbonyl (C=O) groups is 2. The van der Waals surface area contributed by atoms with Gasteiger partial charge in [0.2, 0.25) is 0 Å². The summed E-state index contributed by atoms with van der Waals surface area (Å²) in [5.74, 6) is -0.971. The predicted octanol–water partition coefficient (Wildman–Crippen LogP) is 2.07. The van der Waals surface area contributed by atoms with E-state index in [2.05, 4.69) is 19.2 Å². The Kier molecular flexibility index (Phi) is 4.99. The van der Waals surface area contributed by atoms with Crippen molar-refractivity contribution < 1.29 is 14.7 Å². The third kappa shape index (κ3) is 4.20. The zero-order chi connectivity index (χ0) is 13.8. The summed E-state index contributed by atoms with van der Waals surface area (Å²) >= 11 is 0. The van der Waals surface area contributed by atoms with Crippen LogP contribution < -0.4 is 5.32 Å². The van der Waals surface area contributed by atoms with Gasteiger partial charge in [0, 0.05) is 13.1 Å². The third-order valence-electron chi connectivity index (χ3n) is 3.63. The average molecular weight is 256 g/mol. The van der Waals surface area contributed by atoms with E-state index in [1.54, 1.807) is 11.8 Å². The second-order valence-electron chi connectivity index (χ2n) is 5.75. The first-order valence-corrected chi connectivity index (χ1v) is 6.64. The van der Waals surface area contributed by atoms with E-state index in [0.29, 0.717) is 19.5 Å². The fourth-order valence-corrected chi connectivity index (χ4v) is 2.20. The molecule has 0 aromatic heterocycles. The molecule has 1 fully saturated rings. The van der Waals surface area contributed by atoms with E-state index in [9.17, 15) is 9.59 Å². The van der Waals surface area contributed by atoms with E-state index in [0.717, 1.165) is 19.3 Å². The molecular formula is C13H24N2O3. The van der Waals surface area contributed by atoms with Gasteiger partial charge in [-0.05, 0) is 31.1 Å². The van der Waals surface area contributed by atoms with E-state index < -0.39 is 12.0 Å². The molecule has 5 heteroatoms. The van der Waals surface area contributed by atoms with Gasteiger partial charge >= 0.3 is 12.0 Å². The minimum atomic E-state index is -0.971. The number of nitrogens with one attached hydrogen (secondary N) is 1. The van der Waals surface area contributed by atoms with Crippen LogP contribution in [0.15, 0.2) is 0 Å². The molecule has 0 bridgehead atoms. The van der Waals surface area contributed by atoms with Crippen molar-refractivity contribution in [1.82, 2.24) is 10.2 Å². The van der Waals surface area contributed by atoms with Crippen molar-refractivity contribution in [2.45, 2.75) is 52.5 Å². The maximum absolute atomic E-state index is 12.0. The summed E-state index contributed by atoms with van der Waals surface area (Å²) in [7, 11) is 0. The summed E-state index contributed by atoms with van der Waals surface area (Å²) in [5, 5.41) is 11.5. The van der Waals surface area contributed by atoms with Crippen molar-refractivity contribution in [3.05, 3.63) is 0 Å². The average Bonchev–Trinajstić information content (AvgIpc) is 2.46. The number of urea groups is 1. The summed E-state index contributed by atoms with van der Waals surface area (Å²) in [6.45, 7) is 7.59. The number of carboxylic acids is 1. The van der Waals surface area contributed by atoms with E-state index in [-0.39, 0.29) is 11.4 Å². The molecule has 1 atom stereocenters. The fraction of sp³-hybridized carbons (Fsp3) is 0.846. The molecule has 0 spiro atoms. The van der Waals surface area contributed by atoms with Gasteiger partial charge in [-0.15, -0.1) is 0 Å². The van der Waals surface area contributed by atoms with Gasteiger partial charge in [-0.3, -0.25) is 0 Å². The first-order valence-electron chi connectivity index (χ1n) is 6.64. The molecule has 2 N–H and O–H groups in total. The van der Waals surface area contributed by atoms with Gasteiger partial charge in [0.1, 0.15) is 6.04 Å². The topological polar surface area (TPSA) is 69.6 Å². The Morgan fingerprint density at radius 3 is 2.56 bits per heavy atom. The zero-order valence-electron chi connectivity index (χ0n) is 11.5. The number of carbonyl (C=O) groups excluding carboxylic acids is 1. The van der Waals surface area contributed by atoms with Crippen LogP contribution in [0.2, 0.25) is 0 Å². The maximum Gasteiger partial charge on any atom is 0.326 e. The Labute approximate surface area is 109 Å². The van der Waals surface area contributed by atoms with Gasteiger partial charge in [0.25, 0.3) is 0 Å². The highest BCUT2D eigenvalue weighted by atomic mass is 16.4. The van der Waals surface area contributed by atoms with Crippen LogP contribution in [0.4, 0.5) is 4.79 Å². The van der Waals surface area contributed by atoms with Crippen LogP contribution >= 0.6 is 0 Å². The van der Waals surface area contributed by atoms with Crippen LogP contribution in [-0.4, -0.2) is 41.1 Å². The number of carboxylic acid groups (broad SMARTS) is 1. The van der Waals surface area contributed by atoms with Gasteiger partial charge in [0.15, 0.2) is 0 Å². The molecule has 1 aliphatic heterocycles. The summed E-state index contributed by atoms with van der Waals surface area (Å²) in [5.41, 5.74) is 0.270. The number of rotatable bonds is 3. The van der Waals surface area contributed by atoms with Gasteiger partial charge in [-0.1, -0.05) is 20.8 Å². The lowest BCUT2D eigenvalue weighted by Gasteiger charge is -2.24. The smallest absolute Gasteiger partial charge is 0.326 e. The highest BCUT2D eigenvalue weighted by Crippen LogP contribution is 2.29. The van der Waals surface area contributed by atoms with Crippen LogP contribution in [-0.2, 0) is 4.79 Å². The molecule has 0 aliphatic carbocycles. The van der Waals surface area contributed by atoms with Crippen molar-refractivity contribution in [3.8, 4) is 0 Å². The Morgan fingerprint density at radius 1 is 1.33 bits per heavy atom. The molecule has 1 heterocycles. The summed E-state index contributed by atoms with van der Waals surface area (Å²) in [4.78, 5) is 24.6. The highest BCUT2D eigenvalue weighted by Gasteiger charge is 2.27. The molecule has 0 aromatic carbocycles. The Balaban J connectivity index is 2.54. The Hall–Kier alpha value is -1.26. The molecule has 0 saturated carbocycles. The van der Waals surface area contributed by atoms with E-state index >= 15 is 0 Å². The van der Waals surface area contributed by atoms with Crippen molar-refractivity contribution in [1.29, 1.82) is 0 Å². The van der Waals surface area contributed by atoms with Gasteiger partial charge in [-0.2, -0.15) is 0 Å². The second-order valence-corrected chi connectivity index (χ2v) is 5.75. The number of hydrogen-bond acceptors (Lipinski definition) is 2. The number of aliphatic carboxylic acids is 1. The molecule has 0 aromatic rings. The largest absolute Gasteiger partial charge is 0.480 e. The summed E-state index contributed by atoms with van der Waals surface area (Å²) in [6, 6.07) is -1.03. The highest BCUT2D eigenvalue weighted by molar-refractivity contribution is 5.82. The lowest BCUT2D eigenvalue weighted by atomic mass is 9.85. The SMILES string of the molecule is CC[C@H](NC(=O)N1CCCC(C)(C)CC1)C(=O)O.